The molecule has 0 aliphatic rings. The molecular formula is C13H12ClOS+. The van der Waals surface area contributed by atoms with E-state index < -0.39 is 0 Å². The number of thiol groups is 1. The van der Waals surface area contributed by atoms with Crippen molar-refractivity contribution in [3.63, 3.8) is 0 Å². The van der Waals surface area contributed by atoms with Gasteiger partial charge in [0.15, 0.2) is 9.79 Å². The minimum atomic E-state index is 0.772. The predicted molar refractivity (Wildman–Crippen MR) is 69.7 cm³/mol. The zero-order valence-electron chi connectivity index (χ0n) is 8.85. The van der Waals surface area contributed by atoms with E-state index in [9.17, 15) is 0 Å². The van der Waals surface area contributed by atoms with Gasteiger partial charge < -0.3 is 4.74 Å². The first-order chi connectivity index (χ1) is 7.78. The van der Waals surface area contributed by atoms with Gasteiger partial charge in [-0.2, -0.15) is 0 Å². The monoisotopic (exact) mass is 251 g/mol. The van der Waals surface area contributed by atoms with Crippen molar-refractivity contribution in [1.29, 1.82) is 0 Å². The Labute approximate surface area is 104 Å². The maximum absolute atomic E-state index is 5.83. The van der Waals surface area contributed by atoms with Gasteiger partial charge in [-0.25, -0.2) is 0 Å². The highest BCUT2D eigenvalue weighted by Crippen LogP contribution is 2.18. The van der Waals surface area contributed by atoms with E-state index in [1.165, 1.54) is 21.6 Å². The van der Waals surface area contributed by atoms with E-state index in [4.69, 9.17) is 16.3 Å². The number of hydrogen-bond acceptors (Lipinski definition) is 1. The van der Waals surface area contributed by atoms with Crippen LogP contribution in [0.2, 0.25) is 5.02 Å². The van der Waals surface area contributed by atoms with Gasteiger partial charge in [-0.05, 0) is 48.5 Å². The van der Waals surface area contributed by atoms with Gasteiger partial charge in [0.25, 0.3) is 0 Å². The largest absolute Gasteiger partial charge is 0.497 e. The quantitative estimate of drug-likeness (QED) is 0.599. The topological polar surface area (TPSA) is 9.23 Å². The Hall–Kier alpha value is -1.12. The van der Waals surface area contributed by atoms with E-state index >= 15 is 0 Å². The summed E-state index contributed by atoms with van der Waals surface area (Å²) < 4.78 is 5.11. The van der Waals surface area contributed by atoms with Gasteiger partial charge in [0.05, 0.1) is 7.11 Å². The molecule has 2 aromatic rings. The molecule has 82 valence electrons. The molecule has 16 heavy (non-hydrogen) atoms. The summed E-state index contributed by atoms with van der Waals surface area (Å²) in [6.45, 7) is 0. The summed E-state index contributed by atoms with van der Waals surface area (Å²) >= 11 is 7.01. The number of benzene rings is 2. The van der Waals surface area contributed by atoms with Gasteiger partial charge in [0.2, 0.25) is 0 Å². The van der Waals surface area contributed by atoms with Gasteiger partial charge >= 0.3 is 0 Å². The molecule has 3 heteroatoms. The zero-order valence-corrected chi connectivity index (χ0v) is 10.5. The summed E-state index contributed by atoms with van der Waals surface area (Å²) in [7, 11) is 1.67. The molecule has 0 amide bonds. The molecular weight excluding hydrogens is 240 g/mol. The predicted octanol–water partition coefficient (Wildman–Crippen LogP) is 3.58. The van der Waals surface area contributed by atoms with Crippen molar-refractivity contribution in [1.82, 2.24) is 0 Å². The molecule has 0 N–H and O–H groups in total. The molecule has 0 radical (unpaired) electrons. The Balaban J connectivity index is 2.11. The SMILES string of the molecule is COc1ccc([SH+]c2ccc(Cl)cc2)cc1. The fourth-order valence-corrected chi connectivity index (χ4v) is 2.34. The minimum absolute atomic E-state index is 0.772. The molecule has 0 unspecified atom stereocenters. The van der Waals surface area contributed by atoms with E-state index in [1.807, 2.05) is 36.4 Å². The van der Waals surface area contributed by atoms with Crippen LogP contribution in [0.4, 0.5) is 0 Å². The molecule has 1 nitrogen and oxygen atoms in total. The summed E-state index contributed by atoms with van der Waals surface area (Å²) in [5.74, 6) is 0.884. The highest BCUT2D eigenvalue weighted by Gasteiger charge is 2.06. The van der Waals surface area contributed by atoms with Gasteiger partial charge in [-0.3, -0.25) is 0 Å². The van der Waals surface area contributed by atoms with Gasteiger partial charge in [-0.1, -0.05) is 11.6 Å². The minimum Gasteiger partial charge on any atom is -0.497 e. The highest BCUT2D eigenvalue weighted by atomic mass is 35.5. The van der Waals surface area contributed by atoms with Crippen LogP contribution in [0.5, 0.6) is 5.75 Å². The van der Waals surface area contributed by atoms with Gasteiger partial charge in [-0.15, -0.1) is 0 Å². The lowest BCUT2D eigenvalue weighted by atomic mass is 10.3. The molecule has 0 aromatic heterocycles. The second-order valence-electron chi connectivity index (χ2n) is 3.29. The molecule has 0 atom stereocenters. The molecule has 0 saturated heterocycles. The number of ether oxygens (including phenoxy) is 1. The first kappa shape index (κ1) is 11.4. The third kappa shape index (κ3) is 2.94. The highest BCUT2D eigenvalue weighted by molar-refractivity contribution is 7.78. The van der Waals surface area contributed by atoms with Crippen molar-refractivity contribution >= 4 is 23.4 Å². The Bertz CT molecular complexity index is 450. The lowest BCUT2D eigenvalue weighted by Crippen LogP contribution is -1.86. The van der Waals surface area contributed by atoms with Crippen LogP contribution in [0.25, 0.3) is 0 Å². The summed E-state index contributed by atoms with van der Waals surface area (Å²) in [4.78, 5) is 2.47. The van der Waals surface area contributed by atoms with E-state index in [0.29, 0.717) is 0 Å². The average molecular weight is 252 g/mol. The fraction of sp³-hybridized carbons (Fsp3) is 0.0769. The molecule has 0 fully saturated rings. The van der Waals surface area contributed by atoms with Crippen molar-refractivity contribution in [2.45, 2.75) is 9.79 Å². The first-order valence-corrected chi connectivity index (χ1v) is 6.16. The Morgan fingerprint density at radius 3 is 1.88 bits per heavy atom. The maximum Gasteiger partial charge on any atom is 0.158 e. The average Bonchev–Trinajstić information content (AvgIpc) is 2.33. The summed E-state index contributed by atoms with van der Waals surface area (Å²) in [6.07, 6.45) is 0. The summed E-state index contributed by atoms with van der Waals surface area (Å²) in [6, 6.07) is 16.0. The van der Waals surface area contributed by atoms with E-state index in [2.05, 4.69) is 12.1 Å². The standard InChI is InChI=1S/C13H11ClOS/c1-15-11-4-8-13(9-5-11)16-12-6-2-10(14)3-7-12/h2-9H,1H3/p+1. The molecule has 0 aliphatic heterocycles. The van der Waals surface area contributed by atoms with Crippen LogP contribution in [0.1, 0.15) is 0 Å². The second kappa shape index (κ2) is 5.28. The fourth-order valence-electron chi connectivity index (χ4n) is 1.32. The van der Waals surface area contributed by atoms with Crippen molar-refractivity contribution in [3.05, 3.63) is 53.6 Å². The molecule has 0 bridgehead atoms. The molecule has 2 aromatic carbocycles. The molecule has 0 saturated carbocycles. The third-order valence-corrected chi connectivity index (χ3v) is 3.52. The summed E-state index contributed by atoms with van der Waals surface area (Å²) in [5, 5.41) is 0.772. The van der Waals surface area contributed by atoms with E-state index in [0.717, 1.165) is 10.8 Å². The van der Waals surface area contributed by atoms with Crippen molar-refractivity contribution in [2.24, 2.45) is 0 Å². The van der Waals surface area contributed by atoms with Crippen LogP contribution >= 0.6 is 11.6 Å². The van der Waals surface area contributed by atoms with Crippen molar-refractivity contribution in [3.8, 4) is 5.75 Å². The summed E-state index contributed by atoms with van der Waals surface area (Å²) in [5.41, 5.74) is 0. The molecule has 0 heterocycles. The van der Waals surface area contributed by atoms with Crippen LogP contribution in [0.15, 0.2) is 58.3 Å². The maximum atomic E-state index is 5.83. The van der Waals surface area contributed by atoms with Crippen LogP contribution in [0.3, 0.4) is 0 Å². The lowest BCUT2D eigenvalue weighted by molar-refractivity contribution is 0.414. The van der Waals surface area contributed by atoms with Crippen LogP contribution in [0, 0.1) is 0 Å². The molecule has 2 rings (SSSR count). The Kier molecular flexibility index (Phi) is 3.75. The van der Waals surface area contributed by atoms with E-state index in [-0.39, 0.29) is 0 Å². The zero-order chi connectivity index (χ0) is 11.4. The molecule has 0 spiro atoms. The third-order valence-electron chi connectivity index (χ3n) is 2.16. The Morgan fingerprint density at radius 2 is 1.38 bits per heavy atom. The van der Waals surface area contributed by atoms with Gasteiger partial charge in [0, 0.05) is 16.8 Å². The first-order valence-electron chi connectivity index (χ1n) is 4.89. The van der Waals surface area contributed by atoms with Gasteiger partial charge in [0.1, 0.15) is 5.75 Å². The lowest BCUT2D eigenvalue weighted by Gasteiger charge is -1.97. The normalized spacial score (nSPS) is 10.1. The number of hydrogen-bond donors (Lipinski definition) is 0. The van der Waals surface area contributed by atoms with Crippen LogP contribution in [-0.2, 0) is 11.8 Å². The van der Waals surface area contributed by atoms with Crippen LogP contribution in [-0.4, -0.2) is 7.11 Å². The number of halogens is 1. The van der Waals surface area contributed by atoms with Crippen molar-refractivity contribution < 1.29 is 4.74 Å². The number of rotatable bonds is 3. The number of methoxy groups -OCH3 is 1. The Morgan fingerprint density at radius 1 is 0.875 bits per heavy atom. The van der Waals surface area contributed by atoms with Crippen LogP contribution < -0.4 is 4.74 Å². The van der Waals surface area contributed by atoms with Crippen molar-refractivity contribution in [2.75, 3.05) is 7.11 Å². The second-order valence-corrected chi connectivity index (χ2v) is 4.98. The van der Waals surface area contributed by atoms with E-state index in [1.54, 1.807) is 7.11 Å². The molecule has 0 aliphatic carbocycles. The smallest absolute Gasteiger partial charge is 0.158 e.